The molecule has 136 valence electrons. The molecule has 0 spiro atoms. The molecule has 2 rings (SSSR count). The van der Waals surface area contributed by atoms with Gasteiger partial charge in [0, 0.05) is 52.0 Å². The molecule has 1 aliphatic rings. The van der Waals surface area contributed by atoms with Crippen molar-refractivity contribution < 1.29 is 4.79 Å². The van der Waals surface area contributed by atoms with Crippen LogP contribution < -0.4 is 10.6 Å². The first kappa shape index (κ1) is 20.7. The second-order valence-electron chi connectivity index (χ2n) is 6.47. The second-order valence-corrected chi connectivity index (χ2v) is 6.47. The van der Waals surface area contributed by atoms with Crippen LogP contribution in [0.2, 0.25) is 0 Å². The maximum Gasteiger partial charge on any atom is 0.222 e. The van der Waals surface area contributed by atoms with Crippen molar-refractivity contribution in [2.75, 3.05) is 20.6 Å². The molecule has 1 aromatic heterocycles. The van der Waals surface area contributed by atoms with Gasteiger partial charge in [-0.3, -0.25) is 9.79 Å². The predicted molar refractivity (Wildman–Crippen MR) is 106 cm³/mol. The highest BCUT2D eigenvalue weighted by Gasteiger charge is 2.23. The first-order chi connectivity index (χ1) is 11.0. The highest BCUT2D eigenvalue weighted by molar-refractivity contribution is 14.0. The largest absolute Gasteiger partial charge is 0.352 e. The van der Waals surface area contributed by atoms with Crippen molar-refractivity contribution in [3.8, 4) is 0 Å². The molecule has 2 heterocycles. The number of nitrogens with zero attached hydrogens (tertiary/aromatic N) is 4. The fraction of sp³-hybridized carbons (Fsp3) is 0.688. The zero-order valence-electron chi connectivity index (χ0n) is 15.0. The lowest BCUT2D eigenvalue weighted by Gasteiger charge is -2.31. The summed E-state index contributed by atoms with van der Waals surface area (Å²) in [7, 11) is 3.60. The number of hydrogen-bond acceptors (Lipinski definition) is 3. The van der Waals surface area contributed by atoms with Gasteiger partial charge in [-0.15, -0.1) is 24.0 Å². The molecule has 24 heavy (non-hydrogen) atoms. The molecule has 1 atom stereocenters. The fourth-order valence-electron chi connectivity index (χ4n) is 2.75. The van der Waals surface area contributed by atoms with Crippen LogP contribution in [0.3, 0.4) is 0 Å². The smallest absolute Gasteiger partial charge is 0.222 e. The first-order valence-electron chi connectivity index (χ1n) is 8.20. The highest BCUT2D eigenvalue weighted by atomic mass is 127. The number of halogens is 1. The van der Waals surface area contributed by atoms with Crippen molar-refractivity contribution >= 4 is 35.8 Å². The molecule has 1 amide bonds. The summed E-state index contributed by atoms with van der Waals surface area (Å²) in [6, 6.07) is 0.235. The number of piperidine rings is 1. The molecule has 0 aliphatic carbocycles. The van der Waals surface area contributed by atoms with E-state index in [1.807, 2.05) is 19.4 Å². The molecule has 1 aliphatic heterocycles. The molecule has 1 fully saturated rings. The molecule has 0 radical (unpaired) electrons. The van der Waals surface area contributed by atoms with Crippen molar-refractivity contribution in [3.63, 3.8) is 0 Å². The zero-order chi connectivity index (χ0) is 16.8. The molecule has 7 nitrogen and oxygen atoms in total. The Morgan fingerprint density at radius 3 is 2.88 bits per heavy atom. The molecule has 0 aromatic carbocycles. The average Bonchev–Trinajstić information content (AvgIpc) is 2.93. The summed E-state index contributed by atoms with van der Waals surface area (Å²) in [6.45, 7) is 6.68. The maximum absolute atomic E-state index is 11.5. The van der Waals surface area contributed by atoms with Crippen LogP contribution in [-0.4, -0.2) is 53.0 Å². The molecule has 8 heteroatoms. The van der Waals surface area contributed by atoms with Gasteiger partial charge in [-0.2, -0.15) is 0 Å². The monoisotopic (exact) mass is 448 g/mol. The Balaban J connectivity index is 0.00000288. The summed E-state index contributed by atoms with van der Waals surface area (Å²) < 4.78 is 2.16. The van der Waals surface area contributed by atoms with Gasteiger partial charge in [-0.1, -0.05) is 13.8 Å². The van der Waals surface area contributed by atoms with Crippen molar-refractivity contribution in [2.24, 2.45) is 10.9 Å². The van der Waals surface area contributed by atoms with Crippen LogP contribution in [0.5, 0.6) is 0 Å². The third kappa shape index (κ3) is 5.95. The quantitative estimate of drug-likeness (QED) is 0.406. The Bertz CT molecular complexity index is 557. The van der Waals surface area contributed by atoms with E-state index in [2.05, 4.69) is 39.0 Å². The van der Waals surface area contributed by atoms with Gasteiger partial charge in [0.2, 0.25) is 5.91 Å². The molecule has 0 bridgehead atoms. The number of aliphatic imine (C=N–C) groups is 1. The number of carbonyl (C=O) groups is 1. The van der Waals surface area contributed by atoms with E-state index >= 15 is 0 Å². The number of likely N-dealkylation sites (N-methyl/N-ethyl adjacent to an activating group) is 1. The van der Waals surface area contributed by atoms with E-state index in [0.29, 0.717) is 25.4 Å². The summed E-state index contributed by atoms with van der Waals surface area (Å²) in [4.78, 5) is 22.0. The standard InChI is InChI=1S/C16H28N6O.HI/c1-12(2)10-22-8-7-18-14(22)9-19-16(17-3)20-13-5-6-15(23)21(4)11-13;/h7-8,12-13H,5-6,9-11H2,1-4H3,(H2,17,19,20);1H. The van der Waals surface area contributed by atoms with Gasteiger partial charge in [0.1, 0.15) is 5.82 Å². The number of hydrogen-bond donors (Lipinski definition) is 2. The van der Waals surface area contributed by atoms with Crippen LogP contribution in [0.4, 0.5) is 0 Å². The Morgan fingerprint density at radius 1 is 1.50 bits per heavy atom. The summed E-state index contributed by atoms with van der Waals surface area (Å²) >= 11 is 0. The molecule has 1 unspecified atom stereocenters. The first-order valence-corrected chi connectivity index (χ1v) is 8.20. The van der Waals surface area contributed by atoms with Crippen molar-refractivity contribution in [3.05, 3.63) is 18.2 Å². The molecule has 2 N–H and O–H groups in total. The zero-order valence-corrected chi connectivity index (χ0v) is 17.3. The number of likely N-dealkylation sites (tertiary alicyclic amines) is 1. The maximum atomic E-state index is 11.5. The van der Waals surface area contributed by atoms with Gasteiger partial charge in [-0.25, -0.2) is 4.98 Å². The topological polar surface area (TPSA) is 74.5 Å². The summed E-state index contributed by atoms with van der Waals surface area (Å²) in [6.07, 6.45) is 5.27. The lowest BCUT2D eigenvalue weighted by atomic mass is 10.1. The lowest BCUT2D eigenvalue weighted by molar-refractivity contribution is -0.132. The van der Waals surface area contributed by atoms with Gasteiger partial charge in [0.25, 0.3) is 0 Å². The number of guanidine groups is 1. The van der Waals surface area contributed by atoms with Crippen molar-refractivity contribution in [1.29, 1.82) is 0 Å². The molecular weight excluding hydrogens is 419 g/mol. The Labute approximate surface area is 161 Å². The minimum absolute atomic E-state index is 0. The third-order valence-electron chi connectivity index (χ3n) is 3.97. The molecule has 0 saturated carbocycles. The fourth-order valence-corrected chi connectivity index (χ4v) is 2.75. The van der Waals surface area contributed by atoms with Crippen LogP contribution in [0, 0.1) is 5.92 Å². The number of rotatable bonds is 5. The van der Waals surface area contributed by atoms with Gasteiger partial charge in [0.15, 0.2) is 5.96 Å². The number of nitrogens with one attached hydrogen (secondary N) is 2. The van der Waals surface area contributed by atoms with Crippen LogP contribution in [0.15, 0.2) is 17.4 Å². The summed E-state index contributed by atoms with van der Waals surface area (Å²) in [5, 5.41) is 6.70. The van der Waals surface area contributed by atoms with E-state index in [0.717, 1.165) is 24.7 Å². The number of aromatic nitrogens is 2. The van der Waals surface area contributed by atoms with Crippen molar-refractivity contribution in [1.82, 2.24) is 25.1 Å². The van der Waals surface area contributed by atoms with Gasteiger partial charge < -0.3 is 20.1 Å². The molecule has 1 aromatic rings. The Hall–Kier alpha value is -1.32. The minimum atomic E-state index is 0. The number of imidazole rings is 1. The summed E-state index contributed by atoms with van der Waals surface area (Å²) in [5.41, 5.74) is 0. The van der Waals surface area contributed by atoms with E-state index < -0.39 is 0 Å². The molecular formula is C16H29IN6O. The lowest BCUT2D eigenvalue weighted by Crippen LogP contribution is -2.51. The van der Waals surface area contributed by atoms with E-state index in [-0.39, 0.29) is 35.9 Å². The van der Waals surface area contributed by atoms with Crippen LogP contribution in [0.1, 0.15) is 32.5 Å². The Morgan fingerprint density at radius 2 is 2.25 bits per heavy atom. The van der Waals surface area contributed by atoms with E-state index in [1.165, 1.54) is 0 Å². The molecule has 1 saturated heterocycles. The van der Waals surface area contributed by atoms with E-state index in [1.54, 1.807) is 11.9 Å². The minimum Gasteiger partial charge on any atom is -0.352 e. The van der Waals surface area contributed by atoms with E-state index in [9.17, 15) is 4.79 Å². The average molecular weight is 448 g/mol. The van der Waals surface area contributed by atoms with Crippen LogP contribution in [-0.2, 0) is 17.9 Å². The van der Waals surface area contributed by atoms with Gasteiger partial charge in [0.05, 0.1) is 6.54 Å². The SMILES string of the molecule is CN=C(NCc1nccn1CC(C)C)NC1CCC(=O)N(C)C1.I. The van der Waals surface area contributed by atoms with Gasteiger partial charge >= 0.3 is 0 Å². The third-order valence-corrected chi connectivity index (χ3v) is 3.97. The predicted octanol–water partition coefficient (Wildman–Crippen LogP) is 1.44. The van der Waals surface area contributed by atoms with Crippen molar-refractivity contribution in [2.45, 2.75) is 45.8 Å². The van der Waals surface area contributed by atoms with Crippen LogP contribution >= 0.6 is 24.0 Å². The number of amides is 1. The van der Waals surface area contributed by atoms with Crippen LogP contribution in [0.25, 0.3) is 0 Å². The number of carbonyl (C=O) groups excluding carboxylic acids is 1. The normalized spacial score (nSPS) is 18.5. The summed E-state index contributed by atoms with van der Waals surface area (Å²) in [5.74, 6) is 2.53. The second kappa shape index (κ2) is 9.85. The van der Waals surface area contributed by atoms with E-state index in [4.69, 9.17) is 0 Å². The Kier molecular flexibility index (Phi) is 8.51. The highest BCUT2D eigenvalue weighted by Crippen LogP contribution is 2.09. The van der Waals surface area contributed by atoms with Gasteiger partial charge in [-0.05, 0) is 12.3 Å².